The summed E-state index contributed by atoms with van der Waals surface area (Å²) < 4.78 is 8.75. The Balaban J connectivity index is 1.09. The first-order chi connectivity index (χ1) is 26.3. The second-order valence-electron chi connectivity index (χ2n) is 14.2. The Morgan fingerprint density at radius 1 is 0.444 bits per heavy atom. The van der Waals surface area contributed by atoms with Crippen molar-refractivity contribution in [3.05, 3.63) is 168 Å². The van der Waals surface area contributed by atoms with Gasteiger partial charge in [0.15, 0.2) is 23.7 Å². The minimum Gasteiger partial charge on any atom is -0.455 e. The van der Waals surface area contributed by atoms with E-state index in [4.69, 9.17) is 19.4 Å². The van der Waals surface area contributed by atoms with E-state index >= 15 is 0 Å². The fraction of sp³-hybridized carbons (Fsp3) is 0.102. The van der Waals surface area contributed by atoms with Gasteiger partial charge in [-0.05, 0) is 72.7 Å². The number of benzene rings is 6. The van der Waals surface area contributed by atoms with Gasteiger partial charge in [-0.15, -0.1) is 0 Å². The van der Waals surface area contributed by atoms with Crippen LogP contribution in [0.2, 0.25) is 0 Å². The summed E-state index contributed by atoms with van der Waals surface area (Å²) >= 11 is 0. The molecule has 0 unspecified atom stereocenters. The quantitative estimate of drug-likeness (QED) is 0.162. The number of fused-ring (bicyclic) bond motifs is 3. The van der Waals surface area contributed by atoms with Crippen molar-refractivity contribution in [3.63, 3.8) is 0 Å². The van der Waals surface area contributed by atoms with Gasteiger partial charge < -0.3 is 4.42 Å². The molecule has 5 nitrogen and oxygen atoms in total. The lowest BCUT2D eigenvalue weighted by atomic mass is 9.88. The summed E-state index contributed by atoms with van der Waals surface area (Å²) in [5.74, 6) is 1.96. The van der Waals surface area contributed by atoms with E-state index < -0.39 is 0 Å². The molecule has 54 heavy (non-hydrogen) atoms. The fourth-order valence-corrected chi connectivity index (χ4v) is 7.81. The number of para-hydroxylation sites is 1. The molecule has 0 radical (unpaired) electrons. The molecule has 0 aliphatic carbocycles. The van der Waals surface area contributed by atoms with E-state index in [9.17, 15) is 0 Å². The van der Waals surface area contributed by atoms with Gasteiger partial charge in [0.25, 0.3) is 0 Å². The van der Waals surface area contributed by atoms with Crippen molar-refractivity contribution in [3.8, 4) is 67.7 Å². The van der Waals surface area contributed by atoms with Crippen LogP contribution in [0.5, 0.6) is 0 Å². The lowest BCUT2D eigenvalue weighted by Gasteiger charge is -2.16. The third-order valence-electron chi connectivity index (χ3n) is 10.5. The summed E-state index contributed by atoms with van der Waals surface area (Å²) in [4.78, 5) is 14.7. The van der Waals surface area contributed by atoms with Crippen LogP contribution in [0.3, 0.4) is 0 Å². The highest BCUT2D eigenvalue weighted by Crippen LogP contribution is 2.40. The number of hydrogen-bond donors (Lipinski definition) is 0. The highest BCUT2D eigenvalue weighted by atomic mass is 16.3. The smallest absolute Gasteiger partial charge is 0.216 e. The molecule has 0 atom stereocenters. The van der Waals surface area contributed by atoms with Crippen LogP contribution in [0.25, 0.3) is 89.6 Å². The van der Waals surface area contributed by atoms with E-state index in [1.807, 2.05) is 72.8 Å². The highest BCUT2D eigenvalue weighted by Gasteiger charge is 2.24. The molecule has 0 saturated carbocycles. The highest BCUT2D eigenvalue weighted by molar-refractivity contribution is 6.09. The number of pyridine rings is 1. The first kappa shape index (κ1) is 33.1. The molecule has 9 aromatic rings. The predicted molar refractivity (Wildman–Crippen MR) is 220 cm³/mol. The van der Waals surface area contributed by atoms with Gasteiger partial charge in [0, 0.05) is 39.1 Å². The molecule has 0 aliphatic heterocycles. The Bertz CT molecular complexity index is 2780. The SMILES string of the molecule is Cc1c[n+](C)c(-c2c(C)ccc3c2oc2ccccc23)cc1-c1c(C)cc(-c2ccc(-c3nc(-c4ccccc4)nc(-c4ccccc4)n3)cc2)cc1C. The maximum Gasteiger partial charge on any atom is 0.216 e. The lowest BCUT2D eigenvalue weighted by molar-refractivity contribution is -0.660. The van der Waals surface area contributed by atoms with Crippen LogP contribution in [0.15, 0.2) is 150 Å². The molecular formula is C49H39N4O+. The molecule has 0 saturated heterocycles. The van der Waals surface area contributed by atoms with Crippen LogP contribution in [0.4, 0.5) is 0 Å². The number of aromatic nitrogens is 4. The Morgan fingerprint density at radius 3 is 1.59 bits per heavy atom. The van der Waals surface area contributed by atoms with Gasteiger partial charge in [0.1, 0.15) is 18.2 Å². The van der Waals surface area contributed by atoms with E-state index in [1.165, 1.54) is 38.9 Å². The van der Waals surface area contributed by atoms with E-state index in [-0.39, 0.29) is 0 Å². The molecule has 0 spiro atoms. The van der Waals surface area contributed by atoms with E-state index in [0.717, 1.165) is 55.4 Å². The summed E-state index contributed by atoms with van der Waals surface area (Å²) in [6.45, 7) is 8.81. The van der Waals surface area contributed by atoms with E-state index in [2.05, 4.69) is 112 Å². The zero-order valence-electron chi connectivity index (χ0n) is 31.1. The van der Waals surface area contributed by atoms with Gasteiger partial charge in [-0.1, -0.05) is 127 Å². The van der Waals surface area contributed by atoms with Crippen LogP contribution < -0.4 is 4.57 Å². The first-order valence-electron chi connectivity index (χ1n) is 18.3. The largest absolute Gasteiger partial charge is 0.455 e. The van der Waals surface area contributed by atoms with Gasteiger partial charge in [-0.25, -0.2) is 19.5 Å². The second kappa shape index (κ2) is 13.4. The molecule has 0 bridgehead atoms. The van der Waals surface area contributed by atoms with Crippen LogP contribution >= 0.6 is 0 Å². The summed E-state index contributed by atoms with van der Waals surface area (Å²) in [5, 5.41) is 2.28. The summed E-state index contributed by atoms with van der Waals surface area (Å²) in [6.07, 6.45) is 2.24. The maximum atomic E-state index is 6.53. The molecule has 5 heteroatoms. The first-order valence-corrected chi connectivity index (χ1v) is 18.3. The number of furan rings is 1. The van der Waals surface area contributed by atoms with Crippen molar-refractivity contribution in [1.29, 1.82) is 0 Å². The molecule has 0 aliphatic rings. The summed E-state index contributed by atoms with van der Waals surface area (Å²) in [6, 6.07) is 48.4. The molecule has 3 heterocycles. The van der Waals surface area contributed by atoms with Crippen molar-refractivity contribution < 1.29 is 8.98 Å². The molecular weight excluding hydrogens is 661 g/mol. The van der Waals surface area contributed by atoms with Gasteiger partial charge in [-0.2, -0.15) is 0 Å². The third-order valence-corrected chi connectivity index (χ3v) is 10.5. The number of nitrogens with zero attached hydrogens (tertiary/aromatic N) is 4. The van der Waals surface area contributed by atoms with Crippen molar-refractivity contribution in [1.82, 2.24) is 15.0 Å². The molecule has 0 fully saturated rings. The number of hydrogen-bond acceptors (Lipinski definition) is 4. The van der Waals surface area contributed by atoms with Crippen molar-refractivity contribution in [2.45, 2.75) is 27.7 Å². The topological polar surface area (TPSA) is 55.7 Å². The standard InChI is InChI=1S/C49H39N4O/c1-30-20-25-40-39-18-12-13-19-43(39)54-46(40)45(30)42-28-41(33(4)29-53(42)5)44-31(2)26-38(27-32(44)3)34-21-23-37(24-22-34)49-51-47(35-14-8-6-9-15-35)50-48(52-49)36-16-10-7-11-17-36/h6-29H,1-5H3/q+1. The molecule has 9 rings (SSSR count). The molecule has 0 N–H and O–H groups in total. The minimum atomic E-state index is 0.647. The van der Waals surface area contributed by atoms with Gasteiger partial charge in [0.05, 0.1) is 5.56 Å². The minimum absolute atomic E-state index is 0.647. The maximum absolute atomic E-state index is 6.53. The van der Waals surface area contributed by atoms with Crippen LogP contribution in [0.1, 0.15) is 22.3 Å². The normalized spacial score (nSPS) is 11.4. The van der Waals surface area contributed by atoms with Gasteiger partial charge in [0.2, 0.25) is 5.69 Å². The average molecular weight is 700 g/mol. The molecule has 3 aromatic heterocycles. The Morgan fingerprint density at radius 2 is 0.981 bits per heavy atom. The molecule has 260 valence electrons. The van der Waals surface area contributed by atoms with E-state index in [0.29, 0.717) is 17.5 Å². The molecule has 6 aromatic carbocycles. The number of rotatable bonds is 6. The van der Waals surface area contributed by atoms with Crippen molar-refractivity contribution >= 4 is 21.9 Å². The second-order valence-corrected chi connectivity index (χ2v) is 14.2. The Kier molecular flexibility index (Phi) is 8.20. The summed E-state index contributed by atoms with van der Waals surface area (Å²) in [7, 11) is 2.13. The average Bonchev–Trinajstić information content (AvgIpc) is 3.58. The zero-order chi connectivity index (χ0) is 36.9. The Hall–Kier alpha value is -6.72. The Labute approximate surface area is 315 Å². The van der Waals surface area contributed by atoms with Gasteiger partial charge >= 0.3 is 0 Å². The summed E-state index contributed by atoms with van der Waals surface area (Å²) in [5.41, 5.74) is 16.6. The third kappa shape index (κ3) is 5.84. The van der Waals surface area contributed by atoms with Gasteiger partial charge in [-0.3, -0.25) is 0 Å². The van der Waals surface area contributed by atoms with Crippen molar-refractivity contribution in [2.24, 2.45) is 7.05 Å². The van der Waals surface area contributed by atoms with Crippen LogP contribution in [-0.2, 0) is 7.05 Å². The molecule has 0 amide bonds. The number of aryl methyl sites for hydroxylation is 5. The zero-order valence-corrected chi connectivity index (χ0v) is 31.1. The monoisotopic (exact) mass is 699 g/mol. The van der Waals surface area contributed by atoms with Crippen LogP contribution in [-0.4, -0.2) is 15.0 Å². The lowest BCUT2D eigenvalue weighted by Crippen LogP contribution is -2.31. The van der Waals surface area contributed by atoms with Crippen LogP contribution in [0, 0.1) is 27.7 Å². The van der Waals surface area contributed by atoms with E-state index in [1.54, 1.807) is 0 Å². The fourth-order valence-electron chi connectivity index (χ4n) is 7.81. The van der Waals surface area contributed by atoms with Crippen molar-refractivity contribution in [2.75, 3.05) is 0 Å². The predicted octanol–water partition coefficient (Wildman–Crippen LogP) is 11.8.